The average Bonchev–Trinajstić information content (AvgIpc) is 2.90. The molecule has 1 aromatic carbocycles. The summed E-state index contributed by atoms with van der Waals surface area (Å²) < 4.78 is 5.22. The zero-order valence-electron chi connectivity index (χ0n) is 12.2. The summed E-state index contributed by atoms with van der Waals surface area (Å²) >= 11 is 0. The number of carboxylic acid groups (broad SMARTS) is 1. The summed E-state index contributed by atoms with van der Waals surface area (Å²) in [5.41, 5.74) is 2.62. The normalized spacial score (nSPS) is 10.4. The van der Waals surface area contributed by atoms with Crippen LogP contribution in [-0.2, 0) is 6.42 Å². The van der Waals surface area contributed by atoms with Gasteiger partial charge in [0.1, 0.15) is 5.76 Å². The number of hydrogen-bond acceptors (Lipinski definition) is 3. The quantitative estimate of drug-likeness (QED) is 0.903. The standard InChI is InChI=1S/C16H17NO4/c1-4-14-12(5-6-21-14)15(18)17-11-7-9(2)10(3)13(8-11)16(19)20/h5-8H,4H2,1-3H3,(H,17,18)(H,19,20). The van der Waals surface area contributed by atoms with Gasteiger partial charge in [0.2, 0.25) is 0 Å². The van der Waals surface area contributed by atoms with Gasteiger partial charge in [-0.15, -0.1) is 0 Å². The van der Waals surface area contributed by atoms with Crippen molar-refractivity contribution in [3.05, 3.63) is 52.5 Å². The first kappa shape index (κ1) is 14.8. The van der Waals surface area contributed by atoms with E-state index in [4.69, 9.17) is 4.42 Å². The minimum atomic E-state index is -1.01. The molecule has 2 aromatic rings. The molecule has 0 aliphatic rings. The van der Waals surface area contributed by atoms with Crippen LogP contribution in [0.25, 0.3) is 0 Å². The lowest BCUT2D eigenvalue weighted by molar-refractivity contribution is 0.0695. The minimum absolute atomic E-state index is 0.188. The van der Waals surface area contributed by atoms with Gasteiger partial charge in [-0.3, -0.25) is 4.79 Å². The number of rotatable bonds is 4. The van der Waals surface area contributed by atoms with Crippen molar-refractivity contribution in [3.8, 4) is 0 Å². The van der Waals surface area contributed by atoms with Crippen LogP contribution in [0.5, 0.6) is 0 Å². The van der Waals surface area contributed by atoms with Gasteiger partial charge >= 0.3 is 5.97 Å². The highest BCUT2D eigenvalue weighted by Gasteiger charge is 2.16. The van der Waals surface area contributed by atoms with Gasteiger partial charge in [-0.25, -0.2) is 4.79 Å². The van der Waals surface area contributed by atoms with Crippen molar-refractivity contribution in [2.45, 2.75) is 27.2 Å². The maximum absolute atomic E-state index is 12.2. The lowest BCUT2D eigenvalue weighted by Crippen LogP contribution is -2.14. The Morgan fingerprint density at radius 1 is 1.24 bits per heavy atom. The number of aromatic carboxylic acids is 1. The number of carbonyl (C=O) groups excluding carboxylic acids is 1. The molecule has 21 heavy (non-hydrogen) atoms. The van der Waals surface area contributed by atoms with Crippen molar-refractivity contribution >= 4 is 17.6 Å². The first-order valence-corrected chi connectivity index (χ1v) is 6.66. The van der Waals surface area contributed by atoms with Crippen LogP contribution in [0.4, 0.5) is 5.69 Å². The summed E-state index contributed by atoms with van der Waals surface area (Å²) in [7, 11) is 0. The predicted octanol–water partition coefficient (Wildman–Crippen LogP) is 3.41. The van der Waals surface area contributed by atoms with Crippen LogP contribution >= 0.6 is 0 Å². The number of aryl methyl sites for hydroxylation is 2. The Morgan fingerprint density at radius 3 is 2.57 bits per heavy atom. The van der Waals surface area contributed by atoms with Crippen LogP contribution in [-0.4, -0.2) is 17.0 Å². The maximum atomic E-state index is 12.2. The molecule has 110 valence electrons. The number of furan rings is 1. The molecule has 5 heteroatoms. The molecule has 0 unspecified atom stereocenters. The number of hydrogen-bond donors (Lipinski definition) is 2. The summed E-state index contributed by atoms with van der Waals surface area (Å²) in [4.78, 5) is 23.4. The van der Waals surface area contributed by atoms with E-state index in [2.05, 4.69) is 5.32 Å². The van der Waals surface area contributed by atoms with Gasteiger partial charge in [0.25, 0.3) is 5.91 Å². The van der Waals surface area contributed by atoms with E-state index in [1.165, 1.54) is 12.3 Å². The van der Waals surface area contributed by atoms with Crippen molar-refractivity contribution in [2.75, 3.05) is 5.32 Å². The Labute approximate surface area is 122 Å². The molecule has 0 fully saturated rings. The molecule has 2 rings (SSSR count). The van der Waals surface area contributed by atoms with Crippen molar-refractivity contribution in [1.82, 2.24) is 0 Å². The fourth-order valence-corrected chi connectivity index (χ4v) is 2.17. The van der Waals surface area contributed by atoms with Gasteiger partial charge in [0.15, 0.2) is 0 Å². The van der Waals surface area contributed by atoms with E-state index >= 15 is 0 Å². The topological polar surface area (TPSA) is 79.5 Å². The summed E-state index contributed by atoms with van der Waals surface area (Å²) in [6, 6.07) is 4.83. The number of carboxylic acids is 1. The lowest BCUT2D eigenvalue weighted by Gasteiger charge is -2.10. The van der Waals surface area contributed by atoms with Crippen molar-refractivity contribution in [1.29, 1.82) is 0 Å². The van der Waals surface area contributed by atoms with Crippen LogP contribution in [0.1, 0.15) is 44.5 Å². The van der Waals surface area contributed by atoms with E-state index in [1.807, 2.05) is 13.8 Å². The predicted molar refractivity (Wildman–Crippen MR) is 78.9 cm³/mol. The molecule has 0 spiro atoms. The molecule has 1 heterocycles. The summed E-state index contributed by atoms with van der Waals surface area (Å²) in [5, 5.41) is 11.9. The Morgan fingerprint density at radius 2 is 1.95 bits per heavy atom. The van der Waals surface area contributed by atoms with Gasteiger partial charge in [-0.2, -0.15) is 0 Å². The van der Waals surface area contributed by atoms with Gasteiger partial charge < -0.3 is 14.8 Å². The Balaban J connectivity index is 2.32. The third kappa shape index (κ3) is 2.97. The first-order chi connectivity index (χ1) is 9.93. The fourth-order valence-electron chi connectivity index (χ4n) is 2.17. The summed E-state index contributed by atoms with van der Waals surface area (Å²) in [5.74, 6) is -0.709. The molecule has 0 aliphatic heterocycles. The third-order valence-electron chi connectivity index (χ3n) is 3.47. The molecule has 0 aliphatic carbocycles. The molecular formula is C16H17NO4. The van der Waals surface area contributed by atoms with E-state index < -0.39 is 5.97 Å². The van der Waals surface area contributed by atoms with Crippen molar-refractivity contribution in [2.24, 2.45) is 0 Å². The second-order valence-electron chi connectivity index (χ2n) is 4.84. The molecule has 2 N–H and O–H groups in total. The summed E-state index contributed by atoms with van der Waals surface area (Å²) in [6.07, 6.45) is 2.08. The van der Waals surface area contributed by atoms with Crippen molar-refractivity contribution < 1.29 is 19.1 Å². The Bertz CT molecular complexity index is 700. The van der Waals surface area contributed by atoms with Crippen LogP contribution in [0.3, 0.4) is 0 Å². The zero-order chi connectivity index (χ0) is 15.6. The van der Waals surface area contributed by atoms with Crippen LogP contribution in [0.2, 0.25) is 0 Å². The number of carbonyl (C=O) groups is 2. The highest BCUT2D eigenvalue weighted by Crippen LogP contribution is 2.21. The molecule has 0 saturated carbocycles. The number of nitrogens with one attached hydrogen (secondary N) is 1. The van der Waals surface area contributed by atoms with E-state index in [0.29, 0.717) is 29.0 Å². The number of amides is 1. The number of benzene rings is 1. The summed E-state index contributed by atoms with van der Waals surface area (Å²) in [6.45, 7) is 5.45. The molecule has 5 nitrogen and oxygen atoms in total. The second-order valence-corrected chi connectivity index (χ2v) is 4.84. The van der Waals surface area contributed by atoms with E-state index in [9.17, 15) is 14.7 Å². The van der Waals surface area contributed by atoms with E-state index in [-0.39, 0.29) is 11.5 Å². The van der Waals surface area contributed by atoms with Gasteiger partial charge in [-0.05, 0) is 43.2 Å². The molecule has 1 aromatic heterocycles. The lowest BCUT2D eigenvalue weighted by atomic mass is 10.0. The Hall–Kier alpha value is -2.56. The second kappa shape index (κ2) is 5.83. The fraction of sp³-hybridized carbons (Fsp3) is 0.250. The monoisotopic (exact) mass is 287 g/mol. The van der Waals surface area contributed by atoms with Crippen LogP contribution in [0, 0.1) is 13.8 Å². The van der Waals surface area contributed by atoms with Crippen LogP contribution in [0.15, 0.2) is 28.9 Å². The smallest absolute Gasteiger partial charge is 0.336 e. The first-order valence-electron chi connectivity index (χ1n) is 6.66. The molecule has 1 amide bonds. The SMILES string of the molecule is CCc1occc1C(=O)Nc1cc(C)c(C)c(C(=O)O)c1. The van der Waals surface area contributed by atoms with Gasteiger partial charge in [-0.1, -0.05) is 6.92 Å². The molecule has 0 atom stereocenters. The highest BCUT2D eigenvalue weighted by atomic mass is 16.4. The highest BCUT2D eigenvalue weighted by molar-refractivity contribution is 6.05. The zero-order valence-corrected chi connectivity index (χ0v) is 12.2. The maximum Gasteiger partial charge on any atom is 0.336 e. The molecule has 0 bridgehead atoms. The average molecular weight is 287 g/mol. The van der Waals surface area contributed by atoms with Gasteiger partial charge in [0, 0.05) is 12.1 Å². The largest absolute Gasteiger partial charge is 0.478 e. The molecule has 0 saturated heterocycles. The third-order valence-corrected chi connectivity index (χ3v) is 3.47. The Kier molecular flexibility index (Phi) is 4.12. The van der Waals surface area contributed by atoms with E-state index in [1.54, 1.807) is 19.1 Å². The minimum Gasteiger partial charge on any atom is -0.478 e. The molecular weight excluding hydrogens is 270 g/mol. The molecule has 0 radical (unpaired) electrons. The van der Waals surface area contributed by atoms with Crippen molar-refractivity contribution in [3.63, 3.8) is 0 Å². The van der Waals surface area contributed by atoms with E-state index in [0.717, 1.165) is 5.56 Å². The number of anilines is 1. The van der Waals surface area contributed by atoms with Crippen LogP contribution < -0.4 is 5.32 Å². The van der Waals surface area contributed by atoms with Gasteiger partial charge in [0.05, 0.1) is 17.4 Å².